The van der Waals surface area contributed by atoms with E-state index in [0.29, 0.717) is 12.0 Å². The van der Waals surface area contributed by atoms with Crippen molar-refractivity contribution >= 4 is 28.8 Å². The predicted molar refractivity (Wildman–Crippen MR) is 132 cm³/mol. The number of nitrogens with zero attached hydrogens (tertiary/aromatic N) is 2. The third-order valence-electron chi connectivity index (χ3n) is 6.38. The van der Waals surface area contributed by atoms with Gasteiger partial charge < -0.3 is 10.2 Å². The van der Waals surface area contributed by atoms with E-state index in [0.717, 1.165) is 30.0 Å². The highest BCUT2D eigenvalue weighted by atomic mass is 19.1. The Balaban J connectivity index is 1.42. The number of anilines is 2. The summed E-state index contributed by atoms with van der Waals surface area (Å²) in [5, 5.41) is 3.19. The van der Waals surface area contributed by atoms with Gasteiger partial charge in [-0.25, -0.2) is 4.39 Å². The number of carbonyl (C=O) groups excluding carboxylic acids is 2. The Morgan fingerprint density at radius 1 is 0.794 bits per heavy atom. The third kappa shape index (κ3) is 4.44. The first-order chi connectivity index (χ1) is 16.6. The van der Waals surface area contributed by atoms with E-state index in [2.05, 4.69) is 10.2 Å². The van der Waals surface area contributed by atoms with Crippen LogP contribution in [0.4, 0.5) is 15.8 Å². The molecule has 1 N–H and O–H groups in total. The molecule has 0 saturated carbocycles. The first kappa shape index (κ1) is 21.9. The van der Waals surface area contributed by atoms with Crippen LogP contribution in [0.1, 0.15) is 24.0 Å². The molecule has 34 heavy (non-hydrogen) atoms. The summed E-state index contributed by atoms with van der Waals surface area (Å²) in [6.45, 7) is 2.37. The fourth-order valence-corrected chi connectivity index (χ4v) is 4.54. The van der Waals surface area contributed by atoms with Gasteiger partial charge in [0, 0.05) is 31.0 Å². The summed E-state index contributed by atoms with van der Waals surface area (Å²) in [6.07, 6.45) is 2.96. The van der Waals surface area contributed by atoms with Gasteiger partial charge in [-0.05, 0) is 66.8 Å². The zero-order valence-corrected chi connectivity index (χ0v) is 18.8. The molecule has 2 amide bonds. The summed E-state index contributed by atoms with van der Waals surface area (Å²) in [5.74, 6) is -1.14. The van der Waals surface area contributed by atoms with Crippen LogP contribution < -0.4 is 10.2 Å². The van der Waals surface area contributed by atoms with E-state index in [1.165, 1.54) is 42.0 Å². The SMILES string of the molecule is O=C1C(Nc2ccc(N3CCCC3)cc2)=C(c2ccc(F)cc2)C(=O)N1CCc1ccccc1. The van der Waals surface area contributed by atoms with Crippen molar-refractivity contribution in [3.63, 3.8) is 0 Å². The normalized spacial score (nSPS) is 16.0. The first-order valence-electron chi connectivity index (χ1n) is 11.6. The second kappa shape index (κ2) is 9.51. The Kier molecular flexibility index (Phi) is 6.12. The number of carbonyl (C=O) groups is 2. The van der Waals surface area contributed by atoms with Gasteiger partial charge >= 0.3 is 0 Å². The second-order valence-electron chi connectivity index (χ2n) is 8.62. The van der Waals surface area contributed by atoms with Gasteiger partial charge in [0.15, 0.2) is 0 Å². The average molecular weight is 456 g/mol. The lowest BCUT2D eigenvalue weighted by molar-refractivity contribution is -0.136. The van der Waals surface area contributed by atoms with Crippen LogP contribution in [0.5, 0.6) is 0 Å². The Morgan fingerprint density at radius 3 is 2.15 bits per heavy atom. The molecule has 0 unspecified atom stereocenters. The Hall–Kier alpha value is -3.93. The number of benzene rings is 3. The molecular formula is C28H26FN3O2. The Labute approximate surface area is 198 Å². The second-order valence-corrected chi connectivity index (χ2v) is 8.62. The topological polar surface area (TPSA) is 52.7 Å². The number of halogens is 1. The number of imide groups is 1. The molecule has 1 saturated heterocycles. The van der Waals surface area contributed by atoms with Gasteiger partial charge in [0.2, 0.25) is 0 Å². The monoisotopic (exact) mass is 455 g/mol. The van der Waals surface area contributed by atoms with Gasteiger partial charge in [0.25, 0.3) is 11.8 Å². The number of hydrogen-bond donors (Lipinski definition) is 1. The molecule has 0 bridgehead atoms. The van der Waals surface area contributed by atoms with Crippen LogP contribution in [-0.4, -0.2) is 36.3 Å². The molecule has 3 aromatic carbocycles. The molecule has 3 aromatic rings. The summed E-state index contributed by atoms with van der Waals surface area (Å²) < 4.78 is 13.5. The highest BCUT2D eigenvalue weighted by molar-refractivity contribution is 6.36. The lowest BCUT2D eigenvalue weighted by Crippen LogP contribution is -2.34. The molecule has 1 fully saturated rings. The van der Waals surface area contributed by atoms with E-state index in [4.69, 9.17) is 0 Å². The lowest BCUT2D eigenvalue weighted by Gasteiger charge is -2.18. The van der Waals surface area contributed by atoms with E-state index >= 15 is 0 Å². The molecule has 0 aliphatic carbocycles. The number of nitrogens with one attached hydrogen (secondary N) is 1. The van der Waals surface area contributed by atoms with Gasteiger partial charge in [-0.3, -0.25) is 14.5 Å². The quantitative estimate of drug-likeness (QED) is 0.517. The van der Waals surface area contributed by atoms with Gasteiger partial charge in [0.05, 0.1) is 5.57 Å². The molecule has 0 atom stereocenters. The summed E-state index contributed by atoms with van der Waals surface area (Å²) in [7, 11) is 0. The van der Waals surface area contributed by atoms with E-state index < -0.39 is 5.82 Å². The molecular weight excluding hydrogens is 429 g/mol. The van der Waals surface area contributed by atoms with E-state index in [1.807, 2.05) is 54.6 Å². The van der Waals surface area contributed by atoms with Gasteiger partial charge in [0.1, 0.15) is 11.5 Å². The maximum atomic E-state index is 13.5. The zero-order valence-electron chi connectivity index (χ0n) is 18.8. The van der Waals surface area contributed by atoms with E-state index in [9.17, 15) is 14.0 Å². The molecule has 5 rings (SSSR count). The average Bonchev–Trinajstić information content (AvgIpc) is 3.48. The van der Waals surface area contributed by atoms with Crippen LogP contribution >= 0.6 is 0 Å². The maximum absolute atomic E-state index is 13.5. The van der Waals surface area contributed by atoms with Crippen LogP contribution in [0, 0.1) is 5.82 Å². The molecule has 0 spiro atoms. The zero-order chi connectivity index (χ0) is 23.5. The van der Waals surface area contributed by atoms with Crippen molar-refractivity contribution in [3.05, 3.63) is 102 Å². The van der Waals surface area contributed by atoms with Crippen molar-refractivity contribution < 1.29 is 14.0 Å². The molecule has 2 aliphatic rings. The minimum absolute atomic E-state index is 0.221. The lowest BCUT2D eigenvalue weighted by atomic mass is 10.0. The van der Waals surface area contributed by atoms with Crippen molar-refractivity contribution in [2.45, 2.75) is 19.3 Å². The summed E-state index contributed by atoms with van der Waals surface area (Å²) in [6, 6.07) is 23.3. The Bertz CT molecular complexity index is 1210. The molecule has 6 heteroatoms. The molecule has 0 radical (unpaired) electrons. The number of amides is 2. The van der Waals surface area contributed by atoms with Crippen LogP contribution in [-0.2, 0) is 16.0 Å². The highest BCUT2D eigenvalue weighted by Crippen LogP contribution is 2.31. The van der Waals surface area contributed by atoms with E-state index in [1.54, 1.807) is 0 Å². The van der Waals surface area contributed by atoms with Crippen molar-refractivity contribution in [1.29, 1.82) is 0 Å². The summed E-state index contributed by atoms with van der Waals surface area (Å²) in [4.78, 5) is 30.3. The van der Waals surface area contributed by atoms with Crippen LogP contribution in [0.25, 0.3) is 5.57 Å². The molecule has 172 valence electrons. The maximum Gasteiger partial charge on any atom is 0.278 e. The summed E-state index contributed by atoms with van der Waals surface area (Å²) >= 11 is 0. The largest absolute Gasteiger partial charge is 0.372 e. The van der Waals surface area contributed by atoms with Crippen molar-refractivity contribution in [1.82, 2.24) is 4.90 Å². The number of hydrogen-bond acceptors (Lipinski definition) is 4. The van der Waals surface area contributed by atoms with Crippen molar-refractivity contribution in [2.75, 3.05) is 29.9 Å². The minimum Gasteiger partial charge on any atom is -0.372 e. The van der Waals surface area contributed by atoms with Crippen LogP contribution in [0.15, 0.2) is 84.6 Å². The molecule has 0 aromatic heterocycles. The molecule has 2 heterocycles. The fourth-order valence-electron chi connectivity index (χ4n) is 4.54. The van der Waals surface area contributed by atoms with Gasteiger partial charge in [-0.1, -0.05) is 42.5 Å². The standard InChI is InChI=1S/C28H26FN3O2/c29-22-10-8-21(9-11-22)25-26(30-23-12-14-24(15-13-23)31-17-4-5-18-31)28(34)32(27(25)33)19-16-20-6-2-1-3-7-20/h1-3,6-15,30H,4-5,16-19H2. The Morgan fingerprint density at radius 2 is 1.47 bits per heavy atom. The van der Waals surface area contributed by atoms with Gasteiger partial charge in [-0.15, -0.1) is 0 Å². The first-order valence-corrected chi connectivity index (χ1v) is 11.6. The van der Waals surface area contributed by atoms with Crippen molar-refractivity contribution in [2.24, 2.45) is 0 Å². The van der Waals surface area contributed by atoms with E-state index in [-0.39, 0.29) is 29.6 Å². The van der Waals surface area contributed by atoms with Crippen LogP contribution in [0.2, 0.25) is 0 Å². The van der Waals surface area contributed by atoms with Crippen LogP contribution in [0.3, 0.4) is 0 Å². The summed E-state index contributed by atoms with van der Waals surface area (Å²) in [5.41, 5.74) is 3.92. The predicted octanol–water partition coefficient (Wildman–Crippen LogP) is 4.86. The fraction of sp³-hybridized carbons (Fsp3) is 0.214. The number of rotatable bonds is 7. The minimum atomic E-state index is -0.394. The van der Waals surface area contributed by atoms with Gasteiger partial charge in [-0.2, -0.15) is 0 Å². The van der Waals surface area contributed by atoms with Crippen molar-refractivity contribution in [3.8, 4) is 0 Å². The molecule has 5 nitrogen and oxygen atoms in total. The smallest absolute Gasteiger partial charge is 0.278 e. The molecule has 2 aliphatic heterocycles. The third-order valence-corrected chi connectivity index (χ3v) is 6.38. The highest BCUT2D eigenvalue weighted by Gasteiger charge is 2.39.